The van der Waals surface area contributed by atoms with Crippen molar-refractivity contribution in [2.45, 2.75) is 46.7 Å². The predicted molar refractivity (Wildman–Crippen MR) is 78.6 cm³/mol. The van der Waals surface area contributed by atoms with E-state index >= 15 is 0 Å². The third-order valence-corrected chi connectivity index (χ3v) is 3.56. The maximum Gasteiger partial charge on any atom is 0.148 e. The minimum atomic E-state index is 0.518. The molecule has 2 aromatic heterocycles. The van der Waals surface area contributed by atoms with Gasteiger partial charge in [-0.3, -0.25) is 9.36 Å². The lowest BCUT2D eigenvalue weighted by Gasteiger charge is -2.08. The first-order valence-corrected chi connectivity index (χ1v) is 7.08. The average molecular weight is 276 g/mol. The molecule has 0 bridgehead atoms. The Labute approximate surface area is 120 Å². The van der Waals surface area contributed by atoms with Crippen molar-refractivity contribution < 1.29 is 0 Å². The molecule has 2 heterocycles. The number of aromatic nitrogens is 5. The summed E-state index contributed by atoms with van der Waals surface area (Å²) < 4.78 is 3.81. The van der Waals surface area contributed by atoms with Gasteiger partial charge in [-0.25, -0.2) is 4.98 Å². The summed E-state index contributed by atoms with van der Waals surface area (Å²) in [5.41, 5.74) is 3.66. The number of nitrogens with zero attached hydrogens (tertiary/aromatic N) is 5. The van der Waals surface area contributed by atoms with Crippen LogP contribution in [0.3, 0.4) is 0 Å². The van der Waals surface area contributed by atoms with Gasteiger partial charge >= 0.3 is 0 Å². The number of nitrogens with one attached hydrogen (secondary N) is 1. The quantitative estimate of drug-likeness (QED) is 0.861. The molecule has 0 saturated heterocycles. The van der Waals surface area contributed by atoms with Gasteiger partial charge in [-0.1, -0.05) is 13.8 Å². The van der Waals surface area contributed by atoms with Crippen molar-refractivity contribution in [1.82, 2.24) is 29.9 Å². The van der Waals surface area contributed by atoms with Crippen molar-refractivity contribution >= 4 is 0 Å². The second kappa shape index (κ2) is 6.17. The Hall–Kier alpha value is -1.69. The first-order chi connectivity index (χ1) is 9.49. The normalized spacial score (nSPS) is 11.5. The topological polar surface area (TPSA) is 60.6 Å². The molecule has 0 spiro atoms. The zero-order chi connectivity index (χ0) is 14.7. The molecule has 20 heavy (non-hydrogen) atoms. The van der Waals surface area contributed by atoms with Crippen molar-refractivity contribution in [2.75, 3.05) is 6.54 Å². The molecular weight excluding hydrogens is 252 g/mol. The highest BCUT2D eigenvalue weighted by Gasteiger charge is 2.13. The smallest absolute Gasteiger partial charge is 0.148 e. The maximum atomic E-state index is 4.63. The molecule has 0 unspecified atom stereocenters. The van der Waals surface area contributed by atoms with Crippen LogP contribution in [0.4, 0.5) is 0 Å². The minimum Gasteiger partial charge on any atom is -0.314 e. The van der Waals surface area contributed by atoms with Gasteiger partial charge in [0.1, 0.15) is 18.7 Å². The molecule has 110 valence electrons. The van der Waals surface area contributed by atoms with E-state index in [1.54, 1.807) is 11.0 Å². The van der Waals surface area contributed by atoms with E-state index in [0.717, 1.165) is 24.5 Å². The Kier molecular flexibility index (Phi) is 4.54. The second-order valence-corrected chi connectivity index (χ2v) is 5.47. The molecule has 0 fully saturated rings. The fraction of sp³-hybridized carbons (Fsp3) is 0.643. The summed E-state index contributed by atoms with van der Waals surface area (Å²) in [6, 6.07) is 0.518. The van der Waals surface area contributed by atoms with Crippen LogP contribution >= 0.6 is 0 Å². The van der Waals surface area contributed by atoms with E-state index in [1.807, 2.05) is 11.7 Å². The molecule has 0 aliphatic carbocycles. The molecule has 0 amide bonds. The number of hydrogen-bond acceptors (Lipinski definition) is 4. The van der Waals surface area contributed by atoms with Crippen LogP contribution < -0.4 is 5.32 Å². The minimum absolute atomic E-state index is 0.518. The van der Waals surface area contributed by atoms with Gasteiger partial charge in [0.25, 0.3) is 0 Å². The molecule has 0 saturated carbocycles. The summed E-state index contributed by atoms with van der Waals surface area (Å²) >= 11 is 0. The number of hydrogen-bond donors (Lipinski definition) is 1. The van der Waals surface area contributed by atoms with Crippen LogP contribution in [0.25, 0.3) is 0 Å². The van der Waals surface area contributed by atoms with Gasteiger partial charge in [0.05, 0.1) is 5.69 Å². The lowest BCUT2D eigenvalue weighted by atomic mass is 10.1. The summed E-state index contributed by atoms with van der Waals surface area (Å²) in [5, 5.41) is 12.2. The molecule has 2 rings (SSSR count). The van der Waals surface area contributed by atoms with E-state index in [2.05, 4.69) is 48.2 Å². The second-order valence-electron chi connectivity index (χ2n) is 5.47. The van der Waals surface area contributed by atoms with Gasteiger partial charge < -0.3 is 5.32 Å². The molecule has 6 heteroatoms. The molecule has 0 aliphatic rings. The van der Waals surface area contributed by atoms with Gasteiger partial charge in [-0.05, 0) is 32.4 Å². The molecule has 0 radical (unpaired) electrons. The van der Waals surface area contributed by atoms with Crippen LogP contribution in [0.1, 0.15) is 36.6 Å². The summed E-state index contributed by atoms with van der Waals surface area (Å²) in [6.07, 6.45) is 2.59. The Morgan fingerprint density at radius 2 is 2.05 bits per heavy atom. The Balaban J connectivity index is 2.10. The summed E-state index contributed by atoms with van der Waals surface area (Å²) in [5.74, 6) is 0.919. The SMILES string of the molecule is Cc1nn(Cc2ncnn2C)c(C)c1CCNC(C)C. The third-order valence-electron chi connectivity index (χ3n) is 3.56. The van der Waals surface area contributed by atoms with Gasteiger partial charge in [-0.15, -0.1) is 0 Å². The summed E-state index contributed by atoms with van der Waals surface area (Å²) in [6.45, 7) is 10.2. The van der Waals surface area contributed by atoms with Gasteiger partial charge in [0.2, 0.25) is 0 Å². The first kappa shape index (κ1) is 14.7. The molecule has 0 aliphatic heterocycles. The molecule has 0 aromatic carbocycles. The van der Waals surface area contributed by atoms with Crippen LogP contribution in [0.5, 0.6) is 0 Å². The fourth-order valence-electron chi connectivity index (χ4n) is 2.33. The zero-order valence-corrected chi connectivity index (χ0v) is 13.0. The van der Waals surface area contributed by atoms with Crippen LogP contribution in [0.2, 0.25) is 0 Å². The number of rotatable bonds is 6. The van der Waals surface area contributed by atoms with Crippen molar-refractivity contribution in [3.63, 3.8) is 0 Å². The monoisotopic (exact) mass is 276 g/mol. The number of aryl methyl sites for hydroxylation is 2. The van der Waals surface area contributed by atoms with Crippen molar-refractivity contribution in [2.24, 2.45) is 7.05 Å². The van der Waals surface area contributed by atoms with Crippen LogP contribution in [-0.4, -0.2) is 37.1 Å². The molecule has 1 N–H and O–H groups in total. The van der Waals surface area contributed by atoms with E-state index in [4.69, 9.17) is 0 Å². The van der Waals surface area contributed by atoms with Crippen molar-refractivity contribution in [1.29, 1.82) is 0 Å². The molecule has 2 aromatic rings. The van der Waals surface area contributed by atoms with E-state index in [0.29, 0.717) is 12.6 Å². The molecule has 0 atom stereocenters. The molecular formula is C14H24N6. The van der Waals surface area contributed by atoms with Crippen molar-refractivity contribution in [3.05, 3.63) is 29.1 Å². The lowest BCUT2D eigenvalue weighted by molar-refractivity contribution is 0.584. The Morgan fingerprint density at radius 3 is 2.65 bits per heavy atom. The van der Waals surface area contributed by atoms with Crippen LogP contribution in [0.15, 0.2) is 6.33 Å². The van der Waals surface area contributed by atoms with Gasteiger partial charge in [0, 0.05) is 18.8 Å². The highest BCUT2D eigenvalue weighted by atomic mass is 15.4. The van der Waals surface area contributed by atoms with E-state index in [1.165, 1.54) is 11.3 Å². The van der Waals surface area contributed by atoms with Gasteiger partial charge in [0.15, 0.2) is 0 Å². The zero-order valence-electron chi connectivity index (χ0n) is 13.0. The first-order valence-electron chi connectivity index (χ1n) is 7.08. The van der Waals surface area contributed by atoms with E-state index < -0.39 is 0 Å². The largest absolute Gasteiger partial charge is 0.314 e. The fourth-order valence-corrected chi connectivity index (χ4v) is 2.33. The highest BCUT2D eigenvalue weighted by Crippen LogP contribution is 2.14. The van der Waals surface area contributed by atoms with Crippen molar-refractivity contribution in [3.8, 4) is 0 Å². The maximum absolute atomic E-state index is 4.63. The summed E-state index contributed by atoms with van der Waals surface area (Å²) in [7, 11) is 1.90. The third kappa shape index (κ3) is 3.25. The standard InChI is InChI=1S/C14H24N6/c1-10(2)15-7-6-13-11(3)18-20(12(13)4)8-14-16-9-17-19(14)5/h9-10,15H,6-8H2,1-5H3. The lowest BCUT2D eigenvalue weighted by Crippen LogP contribution is -2.25. The van der Waals surface area contributed by atoms with Crippen LogP contribution in [0, 0.1) is 13.8 Å². The predicted octanol–water partition coefficient (Wildman–Crippen LogP) is 1.22. The average Bonchev–Trinajstić information content (AvgIpc) is 2.88. The highest BCUT2D eigenvalue weighted by molar-refractivity contribution is 5.25. The summed E-state index contributed by atoms with van der Waals surface area (Å²) in [4.78, 5) is 4.26. The van der Waals surface area contributed by atoms with E-state index in [-0.39, 0.29) is 0 Å². The Morgan fingerprint density at radius 1 is 1.30 bits per heavy atom. The van der Waals surface area contributed by atoms with E-state index in [9.17, 15) is 0 Å². The molecule has 6 nitrogen and oxygen atoms in total. The van der Waals surface area contributed by atoms with Gasteiger partial charge in [-0.2, -0.15) is 10.2 Å². The van der Waals surface area contributed by atoms with Crippen LogP contribution in [-0.2, 0) is 20.0 Å². The Bertz CT molecular complexity index is 566.